The number of fused-ring (bicyclic) bond motifs is 2. The quantitative estimate of drug-likeness (QED) is 0.227. The Morgan fingerprint density at radius 2 is 1.85 bits per heavy atom. The largest absolute Gasteiger partial charge is 0.455 e. The summed E-state index contributed by atoms with van der Waals surface area (Å²) >= 11 is 3.60. The van der Waals surface area contributed by atoms with E-state index in [0.717, 1.165) is 19.3 Å². The number of likely N-dealkylation sites (tertiary alicyclic amines) is 1. The molecule has 5 bridgehead atoms. The lowest BCUT2D eigenvalue weighted by Gasteiger charge is -2.40. The Morgan fingerprint density at radius 3 is 2.54 bits per heavy atom. The number of hydrogen-bond acceptors (Lipinski definition) is 7. The Hall–Kier alpha value is -3.02. The molecule has 0 aromatic heterocycles. The van der Waals surface area contributed by atoms with Gasteiger partial charge in [0.15, 0.2) is 0 Å². The molecular weight excluding hydrogens is 654 g/mol. The zero-order valence-electron chi connectivity index (χ0n) is 26.9. The molecule has 3 amide bonds. The van der Waals surface area contributed by atoms with Gasteiger partial charge in [0.1, 0.15) is 29.8 Å². The van der Waals surface area contributed by atoms with Crippen LogP contribution in [0.15, 0.2) is 53.0 Å². The molecule has 2 N–H and O–H groups in total. The van der Waals surface area contributed by atoms with Gasteiger partial charge in [0.05, 0.1) is 25.1 Å². The molecule has 11 heteroatoms. The van der Waals surface area contributed by atoms with E-state index in [1.54, 1.807) is 11.0 Å². The fraction of sp³-hybridized carbons (Fsp3) is 0.600. The number of carbonyl (C=O) groups is 4. The lowest BCUT2D eigenvalue weighted by Crippen LogP contribution is -2.59. The number of ether oxygens (including phenoxy) is 2. The van der Waals surface area contributed by atoms with E-state index in [4.69, 9.17) is 9.47 Å². The van der Waals surface area contributed by atoms with Crippen LogP contribution in [0, 0.1) is 17.8 Å². The second kappa shape index (κ2) is 14.8. The minimum atomic E-state index is -1.42. The molecule has 0 radical (unpaired) electrons. The Balaban J connectivity index is 1.61. The van der Waals surface area contributed by atoms with E-state index < -0.39 is 53.6 Å². The van der Waals surface area contributed by atoms with Crippen molar-refractivity contribution in [3.05, 3.63) is 58.6 Å². The van der Waals surface area contributed by atoms with Crippen LogP contribution in [0.5, 0.6) is 0 Å². The molecule has 10 nitrogen and oxygen atoms in total. The first-order valence-electron chi connectivity index (χ1n) is 16.6. The van der Waals surface area contributed by atoms with Crippen molar-refractivity contribution in [1.29, 1.82) is 0 Å². The minimum absolute atomic E-state index is 0.0658. The molecule has 1 aromatic rings. The number of benzene rings is 1. The van der Waals surface area contributed by atoms with Crippen molar-refractivity contribution < 1.29 is 33.8 Å². The van der Waals surface area contributed by atoms with Crippen LogP contribution in [-0.2, 0) is 28.7 Å². The summed E-state index contributed by atoms with van der Waals surface area (Å²) in [7, 11) is 0. The predicted octanol–water partition coefficient (Wildman–Crippen LogP) is 4.04. The smallest absolute Gasteiger partial charge is 0.313 e. The second-order valence-corrected chi connectivity index (χ2v) is 13.8. The molecule has 4 heterocycles. The third-order valence-electron chi connectivity index (χ3n) is 10.0. The maximum atomic E-state index is 14.8. The highest BCUT2D eigenvalue weighted by Crippen LogP contribution is 2.59. The first-order valence-corrected chi connectivity index (χ1v) is 17.4. The van der Waals surface area contributed by atoms with Crippen LogP contribution in [0.1, 0.15) is 71.0 Å². The average molecular weight is 701 g/mol. The number of rotatable bonds is 9. The summed E-state index contributed by atoms with van der Waals surface area (Å²) in [5, 5.41) is 13.6. The SMILES string of the molecule is CCCCCN1C/C=C\CCC(=O)NC[C@H](c2ccccc2)OC(=O)[C@H]2[C@@H]3O[C@@]4(C=C3Br)[C@@H]2C(=O)N([C@@H](CO)[C@@H](C)CC)[C@@H]4C1=O. The number of hydrogen-bond donors (Lipinski definition) is 2. The summed E-state index contributed by atoms with van der Waals surface area (Å²) in [6, 6.07) is 7.44. The Morgan fingerprint density at radius 1 is 1.09 bits per heavy atom. The molecule has 5 rings (SSSR count). The number of allylic oxidation sites excluding steroid dienone is 1. The third-order valence-corrected chi connectivity index (χ3v) is 10.7. The predicted molar refractivity (Wildman–Crippen MR) is 175 cm³/mol. The summed E-state index contributed by atoms with van der Waals surface area (Å²) in [4.78, 5) is 59.7. The number of cyclic esters (lactones) is 1. The van der Waals surface area contributed by atoms with Gasteiger partial charge in [-0.05, 0) is 30.4 Å². The number of esters is 1. The Labute approximate surface area is 279 Å². The molecule has 2 fully saturated rings. The fourth-order valence-corrected chi connectivity index (χ4v) is 8.07. The van der Waals surface area contributed by atoms with E-state index in [1.807, 2.05) is 56.3 Å². The van der Waals surface area contributed by atoms with Gasteiger partial charge in [-0.3, -0.25) is 19.2 Å². The van der Waals surface area contributed by atoms with Crippen molar-refractivity contribution in [3.8, 4) is 0 Å². The van der Waals surface area contributed by atoms with Gasteiger partial charge >= 0.3 is 5.97 Å². The van der Waals surface area contributed by atoms with Gasteiger partial charge in [0.2, 0.25) is 17.7 Å². The normalized spacial score (nSPS) is 32.1. The molecule has 1 spiro atoms. The van der Waals surface area contributed by atoms with E-state index in [9.17, 15) is 24.3 Å². The molecule has 0 aliphatic carbocycles. The summed E-state index contributed by atoms with van der Waals surface area (Å²) < 4.78 is 13.3. The van der Waals surface area contributed by atoms with Crippen LogP contribution >= 0.6 is 15.9 Å². The first kappa shape index (κ1) is 34.3. The van der Waals surface area contributed by atoms with Gasteiger partial charge in [-0.2, -0.15) is 0 Å². The summed E-state index contributed by atoms with van der Waals surface area (Å²) in [6.45, 7) is 6.54. The number of nitrogens with one attached hydrogen (secondary N) is 1. The molecular formula is C35H46BrN3O7. The van der Waals surface area contributed by atoms with E-state index in [1.165, 1.54) is 4.90 Å². The maximum absolute atomic E-state index is 14.8. The number of aliphatic hydroxyl groups excluding tert-OH is 1. The minimum Gasteiger partial charge on any atom is -0.455 e. The highest BCUT2D eigenvalue weighted by Gasteiger charge is 2.75. The summed E-state index contributed by atoms with van der Waals surface area (Å²) in [5.41, 5.74) is -0.714. The number of amides is 3. The highest BCUT2D eigenvalue weighted by molar-refractivity contribution is 9.11. The molecule has 8 atom stereocenters. The number of unbranched alkanes of at least 4 members (excludes halogenated alkanes) is 2. The average Bonchev–Trinajstić information content (AvgIpc) is 3.65. The zero-order valence-corrected chi connectivity index (χ0v) is 28.5. The van der Waals surface area contributed by atoms with Crippen molar-refractivity contribution in [2.45, 2.75) is 89.2 Å². The molecule has 1 aromatic carbocycles. The molecule has 4 aliphatic rings. The first-order chi connectivity index (χ1) is 22.2. The van der Waals surface area contributed by atoms with Crippen LogP contribution in [0.4, 0.5) is 0 Å². The zero-order chi connectivity index (χ0) is 33.0. The maximum Gasteiger partial charge on any atom is 0.313 e. The van der Waals surface area contributed by atoms with Crippen molar-refractivity contribution in [2.24, 2.45) is 17.8 Å². The summed E-state index contributed by atoms with van der Waals surface area (Å²) in [5.74, 6) is -3.67. The standard InChI is InChI=1S/C35H46BrN3O7/c1-4-6-12-17-38-18-13-8-11-16-27(41)37-20-26(23-14-9-7-10-15-23)45-34(44)28-29-32(42)39(25(21-40)22(3)5-2)31(33(38)43)35(29)19-24(36)30(28)46-35/h7-10,13-15,19,22,25-26,28-31,40H,4-6,11-12,16-18,20-21H2,1-3H3,(H,37,41)/b13-8-/t22-,25-,26+,28+,29-,30+,31+,35-/m0/s1. The van der Waals surface area contributed by atoms with Crippen LogP contribution in [-0.4, -0.2) is 88.6 Å². The third kappa shape index (κ3) is 6.42. The van der Waals surface area contributed by atoms with Crippen molar-refractivity contribution >= 4 is 39.6 Å². The van der Waals surface area contributed by atoms with Gasteiger partial charge in [0.25, 0.3) is 0 Å². The monoisotopic (exact) mass is 699 g/mol. The summed E-state index contributed by atoms with van der Waals surface area (Å²) in [6.07, 6.45) is 8.05. The number of halogens is 1. The van der Waals surface area contributed by atoms with E-state index in [0.29, 0.717) is 36.0 Å². The number of aliphatic hydroxyl groups is 1. The molecule has 0 unspecified atom stereocenters. The van der Waals surface area contributed by atoms with Crippen LogP contribution in [0.2, 0.25) is 0 Å². The van der Waals surface area contributed by atoms with Gasteiger partial charge in [-0.1, -0.05) is 98.4 Å². The van der Waals surface area contributed by atoms with Crippen molar-refractivity contribution in [2.75, 3.05) is 26.2 Å². The lowest BCUT2D eigenvalue weighted by molar-refractivity contribution is -0.161. The molecule has 46 heavy (non-hydrogen) atoms. The van der Waals surface area contributed by atoms with Crippen molar-refractivity contribution in [3.63, 3.8) is 0 Å². The Kier molecular flexibility index (Phi) is 11.1. The second-order valence-electron chi connectivity index (χ2n) is 12.8. The van der Waals surface area contributed by atoms with Crippen LogP contribution in [0.3, 0.4) is 0 Å². The van der Waals surface area contributed by atoms with Crippen molar-refractivity contribution in [1.82, 2.24) is 15.1 Å². The number of nitrogens with zero attached hydrogens (tertiary/aromatic N) is 2. The molecule has 0 saturated carbocycles. The van der Waals surface area contributed by atoms with Gasteiger partial charge in [0, 0.05) is 24.0 Å². The topological polar surface area (TPSA) is 125 Å². The van der Waals surface area contributed by atoms with Gasteiger partial charge in [-0.15, -0.1) is 0 Å². The highest BCUT2D eigenvalue weighted by atomic mass is 79.9. The lowest BCUT2D eigenvalue weighted by atomic mass is 9.74. The molecule has 4 aliphatic heterocycles. The fourth-order valence-electron chi connectivity index (χ4n) is 7.34. The van der Waals surface area contributed by atoms with E-state index in [2.05, 4.69) is 28.2 Å². The number of carbonyl (C=O) groups excluding carboxylic acids is 4. The van der Waals surface area contributed by atoms with Crippen LogP contribution < -0.4 is 5.32 Å². The van der Waals surface area contributed by atoms with Gasteiger partial charge in [-0.25, -0.2) is 0 Å². The molecule has 250 valence electrons. The Bertz CT molecular complexity index is 1350. The molecule has 2 saturated heterocycles. The van der Waals surface area contributed by atoms with Crippen LogP contribution in [0.25, 0.3) is 0 Å². The van der Waals surface area contributed by atoms with E-state index in [-0.39, 0.29) is 37.3 Å². The van der Waals surface area contributed by atoms with E-state index >= 15 is 0 Å². The van der Waals surface area contributed by atoms with Gasteiger partial charge < -0.3 is 29.7 Å².